The lowest BCUT2D eigenvalue weighted by atomic mass is 10.0. The number of hydrogen-bond donors (Lipinski definition) is 0. The normalized spacial score (nSPS) is 11.5. The first-order valence-electron chi connectivity index (χ1n) is 7.90. The zero-order valence-corrected chi connectivity index (χ0v) is 12.6. The second kappa shape index (κ2) is 4.72. The van der Waals surface area contributed by atoms with Crippen molar-refractivity contribution in [3.63, 3.8) is 0 Å². The summed E-state index contributed by atoms with van der Waals surface area (Å²) in [6, 6.07) is 32.4. The van der Waals surface area contributed by atoms with E-state index >= 15 is 0 Å². The predicted octanol–water partition coefficient (Wildman–Crippen LogP) is 5.91. The topological polar surface area (TPSA) is 4.41 Å². The average molecular weight is 293 g/mol. The summed E-state index contributed by atoms with van der Waals surface area (Å²) in [4.78, 5) is 0. The molecule has 0 aliphatic carbocycles. The molecule has 108 valence electrons. The van der Waals surface area contributed by atoms with Gasteiger partial charge in [-0.15, -0.1) is 0 Å². The molecule has 5 aromatic rings. The average Bonchev–Trinajstić information content (AvgIpc) is 2.97. The Morgan fingerprint density at radius 3 is 2.04 bits per heavy atom. The molecule has 2 aromatic heterocycles. The molecule has 0 fully saturated rings. The van der Waals surface area contributed by atoms with Crippen molar-refractivity contribution in [2.45, 2.75) is 0 Å². The third-order valence-corrected chi connectivity index (χ3v) is 4.57. The Labute approximate surface area is 134 Å². The highest BCUT2D eigenvalue weighted by Gasteiger charge is 2.14. The highest BCUT2D eigenvalue weighted by Crippen LogP contribution is 2.37. The lowest BCUT2D eigenvalue weighted by molar-refractivity contribution is 1.33. The van der Waals surface area contributed by atoms with Gasteiger partial charge in [0.15, 0.2) is 0 Å². The first kappa shape index (κ1) is 12.5. The maximum absolute atomic E-state index is 2.38. The van der Waals surface area contributed by atoms with E-state index in [-0.39, 0.29) is 0 Å². The van der Waals surface area contributed by atoms with Gasteiger partial charge in [-0.05, 0) is 29.1 Å². The second-order valence-electron chi connectivity index (χ2n) is 5.87. The molecule has 1 heteroatoms. The zero-order chi connectivity index (χ0) is 15.2. The molecule has 3 aromatic carbocycles. The minimum Gasteiger partial charge on any atom is -0.309 e. The smallest absolute Gasteiger partial charge is 0.0547 e. The van der Waals surface area contributed by atoms with Crippen molar-refractivity contribution in [2.75, 3.05) is 0 Å². The fourth-order valence-electron chi connectivity index (χ4n) is 3.59. The van der Waals surface area contributed by atoms with Gasteiger partial charge in [0.2, 0.25) is 0 Å². The van der Waals surface area contributed by atoms with Crippen LogP contribution < -0.4 is 0 Å². The van der Waals surface area contributed by atoms with Gasteiger partial charge in [-0.3, -0.25) is 0 Å². The van der Waals surface area contributed by atoms with Crippen molar-refractivity contribution in [1.29, 1.82) is 0 Å². The van der Waals surface area contributed by atoms with E-state index in [1.54, 1.807) is 0 Å². The van der Waals surface area contributed by atoms with E-state index < -0.39 is 0 Å². The Bertz CT molecular complexity index is 1150. The van der Waals surface area contributed by atoms with Crippen molar-refractivity contribution < 1.29 is 0 Å². The monoisotopic (exact) mass is 293 g/mol. The van der Waals surface area contributed by atoms with Gasteiger partial charge >= 0.3 is 0 Å². The summed E-state index contributed by atoms with van der Waals surface area (Å²) in [6.45, 7) is 0. The van der Waals surface area contributed by atoms with E-state index in [0.29, 0.717) is 0 Å². The van der Waals surface area contributed by atoms with E-state index in [0.717, 1.165) is 0 Å². The number of aromatic nitrogens is 1. The molecule has 0 aliphatic heterocycles. The molecule has 5 rings (SSSR count). The van der Waals surface area contributed by atoms with Crippen LogP contribution in [0, 0.1) is 0 Å². The number of nitrogens with zero attached hydrogens (tertiary/aromatic N) is 1. The summed E-state index contributed by atoms with van der Waals surface area (Å²) in [5.74, 6) is 0. The molecule has 2 heterocycles. The Morgan fingerprint density at radius 1 is 0.478 bits per heavy atom. The summed E-state index contributed by atoms with van der Waals surface area (Å²) in [6.07, 6.45) is 0. The van der Waals surface area contributed by atoms with E-state index in [2.05, 4.69) is 95.4 Å². The number of hydrogen-bond acceptors (Lipinski definition) is 0. The molecule has 0 spiro atoms. The maximum Gasteiger partial charge on any atom is 0.0547 e. The first-order chi connectivity index (χ1) is 11.4. The predicted molar refractivity (Wildman–Crippen MR) is 97.8 cm³/mol. The summed E-state index contributed by atoms with van der Waals surface area (Å²) < 4.78 is 2.38. The Balaban J connectivity index is 2.07. The number of para-hydroxylation sites is 2. The lowest BCUT2D eigenvalue weighted by Gasteiger charge is -2.05. The Hall–Kier alpha value is -3.06. The third kappa shape index (κ3) is 1.74. The molecule has 0 saturated heterocycles. The van der Waals surface area contributed by atoms with Gasteiger partial charge in [0.05, 0.1) is 16.6 Å². The molecule has 0 unspecified atom stereocenters. The molecule has 1 nitrogen and oxygen atoms in total. The third-order valence-electron chi connectivity index (χ3n) is 4.57. The highest BCUT2D eigenvalue weighted by molar-refractivity contribution is 6.08. The summed E-state index contributed by atoms with van der Waals surface area (Å²) in [7, 11) is 0. The molecule has 0 atom stereocenters. The molecule has 0 radical (unpaired) electrons. The minimum atomic E-state index is 1.25. The van der Waals surface area contributed by atoms with Gasteiger partial charge < -0.3 is 4.40 Å². The maximum atomic E-state index is 2.38. The van der Waals surface area contributed by atoms with Crippen molar-refractivity contribution in [3.05, 3.63) is 91.0 Å². The number of pyridine rings is 1. The van der Waals surface area contributed by atoms with Crippen LogP contribution in [0.15, 0.2) is 91.0 Å². The zero-order valence-electron chi connectivity index (χ0n) is 12.6. The number of fused-ring (bicyclic) bond motifs is 5. The largest absolute Gasteiger partial charge is 0.309 e. The van der Waals surface area contributed by atoms with Crippen molar-refractivity contribution in [3.8, 4) is 11.1 Å². The summed E-state index contributed by atoms with van der Waals surface area (Å²) in [5.41, 5.74) is 6.35. The number of benzene rings is 3. The minimum absolute atomic E-state index is 1.25. The second-order valence-corrected chi connectivity index (χ2v) is 5.87. The van der Waals surface area contributed by atoms with Crippen LogP contribution in [0.3, 0.4) is 0 Å². The van der Waals surface area contributed by atoms with Gasteiger partial charge in [-0.2, -0.15) is 0 Å². The van der Waals surface area contributed by atoms with Gasteiger partial charge in [0.1, 0.15) is 0 Å². The van der Waals surface area contributed by atoms with Crippen molar-refractivity contribution >= 4 is 27.3 Å². The van der Waals surface area contributed by atoms with Crippen LogP contribution in [0.25, 0.3) is 38.4 Å². The van der Waals surface area contributed by atoms with E-state index in [1.807, 2.05) is 0 Å². The van der Waals surface area contributed by atoms with E-state index in [9.17, 15) is 0 Å². The number of rotatable bonds is 1. The highest BCUT2D eigenvalue weighted by atomic mass is 14.9. The SMILES string of the molecule is c1ccc(-c2c3ccccc3n3c2ccc2ccccc23)cc1. The van der Waals surface area contributed by atoms with Gasteiger partial charge in [-0.25, -0.2) is 0 Å². The van der Waals surface area contributed by atoms with Crippen LogP contribution >= 0.6 is 0 Å². The van der Waals surface area contributed by atoms with Gasteiger partial charge in [0.25, 0.3) is 0 Å². The van der Waals surface area contributed by atoms with Gasteiger partial charge in [-0.1, -0.05) is 72.8 Å². The molecule has 0 aliphatic rings. The molecule has 0 saturated carbocycles. The molecular formula is C22H15N. The van der Waals surface area contributed by atoms with Crippen molar-refractivity contribution in [2.24, 2.45) is 0 Å². The molecular weight excluding hydrogens is 278 g/mol. The first-order valence-corrected chi connectivity index (χ1v) is 7.90. The van der Waals surface area contributed by atoms with Crippen LogP contribution in [0.4, 0.5) is 0 Å². The standard InChI is InChI=1S/C22H15N/c1-2-9-17(10-3-1)22-18-11-5-7-13-20(18)23-19-12-6-4-8-16(19)14-15-21(22)23/h1-15H. The molecule has 23 heavy (non-hydrogen) atoms. The molecule has 0 amide bonds. The van der Waals surface area contributed by atoms with Gasteiger partial charge in [0, 0.05) is 10.9 Å². The Morgan fingerprint density at radius 2 is 1.17 bits per heavy atom. The molecule has 0 bridgehead atoms. The van der Waals surface area contributed by atoms with Crippen LogP contribution in [-0.4, -0.2) is 4.40 Å². The lowest BCUT2D eigenvalue weighted by Crippen LogP contribution is -1.87. The fraction of sp³-hybridized carbons (Fsp3) is 0. The van der Waals surface area contributed by atoms with Crippen LogP contribution in [0.5, 0.6) is 0 Å². The fourth-order valence-corrected chi connectivity index (χ4v) is 3.59. The van der Waals surface area contributed by atoms with Crippen LogP contribution in [0.2, 0.25) is 0 Å². The van der Waals surface area contributed by atoms with Crippen LogP contribution in [-0.2, 0) is 0 Å². The van der Waals surface area contributed by atoms with E-state index in [4.69, 9.17) is 0 Å². The Kier molecular flexibility index (Phi) is 2.56. The van der Waals surface area contributed by atoms with Crippen LogP contribution in [0.1, 0.15) is 0 Å². The van der Waals surface area contributed by atoms with Crippen molar-refractivity contribution in [1.82, 2.24) is 4.40 Å². The summed E-state index contributed by atoms with van der Waals surface area (Å²) >= 11 is 0. The summed E-state index contributed by atoms with van der Waals surface area (Å²) in [5, 5.41) is 2.57. The van der Waals surface area contributed by atoms with E-state index in [1.165, 1.54) is 38.4 Å². The molecule has 0 N–H and O–H groups in total. The quantitative estimate of drug-likeness (QED) is 0.362.